The van der Waals surface area contributed by atoms with E-state index in [9.17, 15) is 0 Å². The Morgan fingerprint density at radius 2 is 1.44 bits per heavy atom. The van der Waals surface area contributed by atoms with E-state index < -0.39 is 16.1 Å². The van der Waals surface area contributed by atoms with Crippen LogP contribution in [0, 0.1) is 23.3 Å². The average molecular weight is 361 g/mol. The fourth-order valence-corrected chi connectivity index (χ4v) is 4.59. The summed E-state index contributed by atoms with van der Waals surface area (Å²) < 4.78 is 0. The molecule has 25 heavy (non-hydrogen) atoms. The first-order valence-corrected chi connectivity index (χ1v) is 15.9. The van der Waals surface area contributed by atoms with Crippen LogP contribution in [-0.2, 0) is 6.42 Å². The van der Waals surface area contributed by atoms with Crippen LogP contribution in [0.1, 0.15) is 16.7 Å². The van der Waals surface area contributed by atoms with Crippen molar-refractivity contribution in [3.05, 3.63) is 65.2 Å². The molecule has 0 atom stereocenters. The van der Waals surface area contributed by atoms with Crippen LogP contribution < -0.4 is 5.19 Å². The summed E-state index contributed by atoms with van der Waals surface area (Å²) >= 11 is 0. The molecule has 0 heterocycles. The van der Waals surface area contributed by atoms with Crippen LogP contribution in [0.4, 0.5) is 0 Å². The van der Waals surface area contributed by atoms with Crippen molar-refractivity contribution in [2.75, 3.05) is 0 Å². The van der Waals surface area contributed by atoms with Crippen LogP contribution in [0.15, 0.2) is 48.5 Å². The molecular formula is C23H28Si2. The molecule has 2 aromatic rings. The summed E-state index contributed by atoms with van der Waals surface area (Å²) in [6, 6.07) is 17.4. The van der Waals surface area contributed by atoms with Crippen molar-refractivity contribution in [3.8, 4) is 23.3 Å². The van der Waals surface area contributed by atoms with Gasteiger partial charge in [0.15, 0.2) is 0 Å². The van der Waals surface area contributed by atoms with Gasteiger partial charge in [0.1, 0.15) is 8.07 Å². The maximum absolute atomic E-state index is 3.32. The van der Waals surface area contributed by atoms with Crippen LogP contribution in [0.5, 0.6) is 0 Å². The predicted molar refractivity (Wildman–Crippen MR) is 117 cm³/mol. The first-order valence-electron chi connectivity index (χ1n) is 8.86. The molecule has 0 aliphatic heterocycles. The molecule has 0 aliphatic rings. The van der Waals surface area contributed by atoms with Crippen LogP contribution in [-0.4, -0.2) is 16.1 Å². The molecule has 0 nitrogen and oxygen atoms in total. The molecular weight excluding hydrogens is 332 g/mol. The quantitative estimate of drug-likeness (QED) is 0.530. The van der Waals surface area contributed by atoms with Gasteiger partial charge in [-0.05, 0) is 40.6 Å². The Hall–Kier alpha value is -2.01. The maximum atomic E-state index is 3.32. The molecule has 0 N–H and O–H groups in total. The van der Waals surface area contributed by atoms with E-state index in [0.717, 1.165) is 12.0 Å². The number of rotatable bonds is 3. The third kappa shape index (κ3) is 6.42. The van der Waals surface area contributed by atoms with Gasteiger partial charge in [0.2, 0.25) is 0 Å². The average Bonchev–Trinajstić information content (AvgIpc) is 2.51. The van der Waals surface area contributed by atoms with Gasteiger partial charge in [0, 0.05) is 5.56 Å². The Balaban J connectivity index is 2.35. The Kier molecular flexibility index (Phi) is 6.12. The Morgan fingerprint density at radius 3 is 2.04 bits per heavy atom. The van der Waals surface area contributed by atoms with E-state index in [1.165, 1.54) is 16.3 Å². The Bertz CT molecular complexity index is 843. The molecule has 2 aromatic carbocycles. The van der Waals surface area contributed by atoms with Crippen molar-refractivity contribution in [1.29, 1.82) is 0 Å². The zero-order valence-electron chi connectivity index (χ0n) is 16.3. The van der Waals surface area contributed by atoms with E-state index in [4.69, 9.17) is 0 Å². The normalized spacial score (nSPS) is 11.1. The molecule has 128 valence electrons. The van der Waals surface area contributed by atoms with Crippen molar-refractivity contribution in [1.82, 2.24) is 0 Å². The van der Waals surface area contributed by atoms with Crippen LogP contribution in [0.2, 0.25) is 39.3 Å². The van der Waals surface area contributed by atoms with E-state index >= 15 is 0 Å². The lowest BCUT2D eigenvalue weighted by Gasteiger charge is -2.20. The monoisotopic (exact) mass is 360 g/mol. The number of hydrogen-bond donors (Lipinski definition) is 0. The summed E-state index contributed by atoms with van der Waals surface area (Å²) in [6.07, 6.45) is 0.974. The molecule has 0 fully saturated rings. The molecule has 0 saturated heterocycles. The second kappa shape index (κ2) is 7.92. The molecule has 0 radical (unpaired) electrons. The summed E-state index contributed by atoms with van der Waals surface area (Å²) in [5.74, 6) is 9.48. The van der Waals surface area contributed by atoms with Gasteiger partial charge in [-0.2, -0.15) is 0 Å². The molecule has 0 aliphatic carbocycles. The highest BCUT2D eigenvalue weighted by molar-refractivity contribution is 6.89. The first-order chi connectivity index (χ1) is 11.6. The lowest BCUT2D eigenvalue weighted by molar-refractivity contribution is 1.19. The third-order valence-corrected chi connectivity index (χ3v) is 6.74. The van der Waals surface area contributed by atoms with E-state index in [0.29, 0.717) is 0 Å². The van der Waals surface area contributed by atoms with Crippen LogP contribution in [0.25, 0.3) is 0 Å². The standard InChI is InChI=1S/C23H28Si2/c1-24(2,3)17-11-10-14-22-16-15-21(19-23(22)25(4,5)6)18-20-12-8-7-9-13-20/h7-9,12-13,15-16,19H,18H2,1-6H3. The van der Waals surface area contributed by atoms with Crippen molar-refractivity contribution in [3.63, 3.8) is 0 Å². The zero-order valence-corrected chi connectivity index (χ0v) is 18.3. The molecule has 0 saturated carbocycles. The fourth-order valence-electron chi connectivity index (χ4n) is 2.58. The molecule has 2 heteroatoms. The number of hydrogen-bond acceptors (Lipinski definition) is 0. The van der Waals surface area contributed by atoms with Crippen molar-refractivity contribution >= 4 is 21.3 Å². The topological polar surface area (TPSA) is 0 Å². The van der Waals surface area contributed by atoms with Crippen molar-refractivity contribution in [2.24, 2.45) is 0 Å². The first kappa shape index (κ1) is 19.3. The molecule has 2 rings (SSSR count). The SMILES string of the molecule is C[Si](C)(C)C#CC#Cc1ccc(Cc2ccccc2)cc1[Si](C)(C)C. The van der Waals surface area contributed by atoms with E-state index in [2.05, 4.69) is 111 Å². The number of benzene rings is 2. The zero-order chi connectivity index (χ0) is 18.5. The second-order valence-corrected chi connectivity index (χ2v) is 18.3. The lowest BCUT2D eigenvalue weighted by atomic mass is 10.0. The maximum Gasteiger partial charge on any atom is 0.130 e. The van der Waals surface area contributed by atoms with Gasteiger partial charge in [-0.1, -0.05) is 87.7 Å². The highest BCUT2D eigenvalue weighted by Crippen LogP contribution is 2.13. The van der Waals surface area contributed by atoms with Gasteiger partial charge >= 0.3 is 0 Å². The van der Waals surface area contributed by atoms with Crippen molar-refractivity contribution in [2.45, 2.75) is 45.7 Å². The van der Waals surface area contributed by atoms with Gasteiger partial charge in [0.05, 0.1) is 8.07 Å². The molecule has 0 unspecified atom stereocenters. The predicted octanol–water partition coefficient (Wildman–Crippen LogP) is 5.05. The smallest absolute Gasteiger partial charge is 0.118 e. The highest BCUT2D eigenvalue weighted by Gasteiger charge is 2.20. The second-order valence-electron chi connectivity index (χ2n) is 8.54. The summed E-state index contributed by atoms with van der Waals surface area (Å²) in [7, 11) is -2.82. The lowest BCUT2D eigenvalue weighted by Crippen LogP contribution is -2.39. The third-order valence-electron chi connectivity index (χ3n) is 3.84. The Morgan fingerprint density at radius 1 is 0.760 bits per heavy atom. The van der Waals surface area contributed by atoms with Gasteiger partial charge in [0.25, 0.3) is 0 Å². The summed E-state index contributed by atoms with van der Waals surface area (Å²) in [5, 5.41) is 1.43. The summed E-state index contributed by atoms with van der Waals surface area (Å²) in [5.41, 5.74) is 7.19. The minimum absolute atomic E-state index is 0.974. The largest absolute Gasteiger partial charge is 0.130 e. The summed E-state index contributed by atoms with van der Waals surface area (Å²) in [6.45, 7) is 13.9. The Labute approximate surface area is 155 Å². The van der Waals surface area contributed by atoms with Gasteiger partial charge in [-0.25, -0.2) is 0 Å². The molecule has 0 spiro atoms. The van der Waals surface area contributed by atoms with Crippen LogP contribution in [0.3, 0.4) is 0 Å². The van der Waals surface area contributed by atoms with Crippen LogP contribution >= 0.6 is 0 Å². The fraction of sp³-hybridized carbons (Fsp3) is 0.304. The minimum atomic E-state index is -1.47. The highest BCUT2D eigenvalue weighted by atomic mass is 28.3. The molecule has 0 bridgehead atoms. The van der Waals surface area contributed by atoms with E-state index in [-0.39, 0.29) is 0 Å². The molecule has 0 amide bonds. The summed E-state index contributed by atoms with van der Waals surface area (Å²) in [4.78, 5) is 0. The van der Waals surface area contributed by atoms with Crippen molar-refractivity contribution < 1.29 is 0 Å². The minimum Gasteiger partial charge on any atom is -0.118 e. The van der Waals surface area contributed by atoms with E-state index in [1.807, 2.05) is 0 Å². The van der Waals surface area contributed by atoms with E-state index in [1.54, 1.807) is 0 Å². The molecule has 0 aromatic heterocycles. The van der Waals surface area contributed by atoms with Gasteiger partial charge < -0.3 is 0 Å². The van der Waals surface area contributed by atoms with Gasteiger partial charge in [-0.15, -0.1) is 5.54 Å². The van der Waals surface area contributed by atoms with Gasteiger partial charge in [-0.3, -0.25) is 0 Å².